The summed E-state index contributed by atoms with van der Waals surface area (Å²) in [5, 5.41) is 0.500. The average molecular weight is 290 g/mol. The zero-order valence-electron chi connectivity index (χ0n) is 8.61. The third-order valence-electron chi connectivity index (χ3n) is 1.84. The van der Waals surface area contributed by atoms with Crippen LogP contribution in [-0.4, -0.2) is 35.4 Å². The first kappa shape index (κ1) is 14.7. The molecule has 0 unspecified atom stereocenters. The monoisotopic (exact) mass is 289 g/mol. The van der Waals surface area contributed by atoms with Crippen molar-refractivity contribution >= 4 is 21.8 Å². The summed E-state index contributed by atoms with van der Waals surface area (Å²) in [5.41, 5.74) is 0. The van der Waals surface area contributed by atoms with Gasteiger partial charge in [-0.3, -0.25) is 4.79 Å². The first-order valence-electron chi connectivity index (χ1n) is 4.81. The number of alkyl halides is 4. The van der Waals surface area contributed by atoms with Gasteiger partial charge in [-0.2, -0.15) is 13.2 Å². The maximum atomic E-state index is 12.0. The maximum absolute atomic E-state index is 12.0. The lowest BCUT2D eigenvalue weighted by Gasteiger charge is -2.22. The molecule has 0 rings (SSSR count). The van der Waals surface area contributed by atoms with Crippen LogP contribution in [0.15, 0.2) is 0 Å². The Bertz CT molecular complexity index is 196. The molecule has 2 nitrogen and oxygen atoms in total. The first-order chi connectivity index (χ1) is 6.90. The minimum Gasteiger partial charge on any atom is -0.342 e. The van der Waals surface area contributed by atoms with Crippen LogP contribution in [0.3, 0.4) is 0 Å². The maximum Gasteiger partial charge on any atom is 0.397 e. The zero-order valence-corrected chi connectivity index (χ0v) is 10.2. The van der Waals surface area contributed by atoms with E-state index in [-0.39, 0.29) is 0 Å². The van der Waals surface area contributed by atoms with Crippen molar-refractivity contribution in [1.82, 2.24) is 4.90 Å². The van der Waals surface area contributed by atoms with Gasteiger partial charge in [0.05, 0.1) is 0 Å². The number of rotatable bonds is 6. The molecule has 0 aliphatic rings. The zero-order chi connectivity index (χ0) is 11.9. The van der Waals surface area contributed by atoms with Crippen LogP contribution in [0.25, 0.3) is 0 Å². The van der Waals surface area contributed by atoms with Crippen molar-refractivity contribution in [3.63, 3.8) is 0 Å². The molecule has 6 heteroatoms. The summed E-state index contributed by atoms with van der Waals surface area (Å²) in [6, 6.07) is 0. The van der Waals surface area contributed by atoms with Gasteiger partial charge in [-0.1, -0.05) is 29.3 Å². The van der Waals surface area contributed by atoms with E-state index in [4.69, 9.17) is 0 Å². The Kier molecular flexibility index (Phi) is 6.96. The number of carbonyl (C=O) groups is 1. The molecule has 0 aliphatic carbocycles. The van der Waals surface area contributed by atoms with Gasteiger partial charge >= 0.3 is 6.18 Å². The number of hydrogen-bond donors (Lipinski definition) is 0. The Balaban J connectivity index is 4.15. The fourth-order valence-corrected chi connectivity index (χ4v) is 1.52. The van der Waals surface area contributed by atoms with E-state index in [1.165, 1.54) is 4.90 Å². The molecule has 0 saturated heterocycles. The van der Waals surface area contributed by atoms with Crippen LogP contribution in [0.1, 0.15) is 26.2 Å². The lowest BCUT2D eigenvalue weighted by atomic mass is 10.3. The molecular weight excluding hydrogens is 275 g/mol. The molecular formula is C9H15BrF3NO. The normalized spacial score (nSPS) is 11.5. The fourth-order valence-electron chi connectivity index (χ4n) is 1.10. The summed E-state index contributed by atoms with van der Waals surface area (Å²) in [7, 11) is 0. The van der Waals surface area contributed by atoms with Crippen LogP contribution < -0.4 is 0 Å². The third-order valence-corrected chi connectivity index (χ3v) is 2.20. The van der Waals surface area contributed by atoms with Gasteiger partial charge in [0.1, 0.15) is 6.42 Å². The molecule has 0 aliphatic heterocycles. The van der Waals surface area contributed by atoms with Crippen LogP contribution in [0, 0.1) is 0 Å². The highest BCUT2D eigenvalue weighted by Crippen LogP contribution is 2.20. The summed E-state index contributed by atoms with van der Waals surface area (Å²) in [5.74, 6) is -0.838. The molecule has 1 amide bonds. The van der Waals surface area contributed by atoms with Crippen LogP contribution in [-0.2, 0) is 4.79 Å². The summed E-state index contributed by atoms with van der Waals surface area (Å²) in [4.78, 5) is 12.5. The lowest BCUT2D eigenvalue weighted by molar-refractivity contribution is -0.161. The Morgan fingerprint density at radius 3 is 2.33 bits per heavy atom. The van der Waals surface area contributed by atoms with Crippen LogP contribution in [0.5, 0.6) is 0 Å². The van der Waals surface area contributed by atoms with Crippen LogP contribution in [0.4, 0.5) is 13.2 Å². The van der Waals surface area contributed by atoms with Crippen LogP contribution in [0.2, 0.25) is 0 Å². The van der Waals surface area contributed by atoms with E-state index < -0.39 is 18.5 Å². The largest absolute Gasteiger partial charge is 0.397 e. The van der Waals surface area contributed by atoms with E-state index in [2.05, 4.69) is 15.9 Å². The van der Waals surface area contributed by atoms with Crippen molar-refractivity contribution in [2.75, 3.05) is 18.4 Å². The molecule has 15 heavy (non-hydrogen) atoms. The SMILES string of the molecule is CCCCN(CCBr)C(=O)CC(F)(F)F. The van der Waals surface area contributed by atoms with E-state index in [1.807, 2.05) is 6.92 Å². The molecule has 0 fully saturated rings. The van der Waals surface area contributed by atoms with E-state index in [9.17, 15) is 18.0 Å². The Hall–Kier alpha value is -0.260. The molecule has 0 aromatic rings. The Morgan fingerprint density at radius 1 is 1.33 bits per heavy atom. The van der Waals surface area contributed by atoms with Crippen molar-refractivity contribution in [3.05, 3.63) is 0 Å². The topological polar surface area (TPSA) is 20.3 Å². The van der Waals surface area contributed by atoms with Crippen molar-refractivity contribution in [3.8, 4) is 0 Å². The van der Waals surface area contributed by atoms with Gasteiger partial charge in [0, 0.05) is 18.4 Å². The fraction of sp³-hybridized carbons (Fsp3) is 0.889. The van der Waals surface area contributed by atoms with Gasteiger partial charge in [0.25, 0.3) is 0 Å². The predicted molar refractivity (Wildman–Crippen MR) is 56.0 cm³/mol. The minimum absolute atomic E-state index is 0.328. The summed E-state index contributed by atoms with van der Waals surface area (Å²) >= 11 is 3.11. The van der Waals surface area contributed by atoms with E-state index in [1.54, 1.807) is 0 Å². The molecule has 0 N–H and O–H groups in total. The highest BCUT2D eigenvalue weighted by atomic mass is 79.9. The van der Waals surface area contributed by atoms with Gasteiger partial charge in [0.2, 0.25) is 5.91 Å². The summed E-state index contributed by atoms with van der Waals surface area (Å²) in [6.45, 7) is 2.66. The van der Waals surface area contributed by atoms with Gasteiger partial charge in [-0.25, -0.2) is 0 Å². The van der Waals surface area contributed by atoms with Crippen molar-refractivity contribution in [2.45, 2.75) is 32.4 Å². The molecule has 0 bridgehead atoms. The second-order valence-electron chi connectivity index (χ2n) is 3.22. The quantitative estimate of drug-likeness (QED) is 0.689. The smallest absolute Gasteiger partial charge is 0.342 e. The van der Waals surface area contributed by atoms with Crippen LogP contribution >= 0.6 is 15.9 Å². The highest BCUT2D eigenvalue weighted by Gasteiger charge is 2.33. The molecule has 0 atom stereocenters. The van der Waals surface area contributed by atoms with Gasteiger partial charge in [-0.15, -0.1) is 0 Å². The third kappa shape index (κ3) is 7.64. The van der Waals surface area contributed by atoms with Crippen molar-refractivity contribution in [2.24, 2.45) is 0 Å². The Labute approximate surface area is 95.9 Å². The van der Waals surface area contributed by atoms with Gasteiger partial charge in [-0.05, 0) is 6.42 Å². The molecule has 0 spiro atoms. The van der Waals surface area contributed by atoms with E-state index >= 15 is 0 Å². The van der Waals surface area contributed by atoms with Gasteiger partial charge in [0.15, 0.2) is 0 Å². The highest BCUT2D eigenvalue weighted by molar-refractivity contribution is 9.09. The molecule has 0 heterocycles. The van der Waals surface area contributed by atoms with Gasteiger partial charge < -0.3 is 4.90 Å². The second kappa shape index (κ2) is 7.09. The molecule has 0 radical (unpaired) electrons. The number of halogens is 4. The van der Waals surface area contributed by atoms with E-state index in [0.717, 1.165) is 12.8 Å². The number of nitrogens with zero attached hydrogens (tertiary/aromatic N) is 1. The average Bonchev–Trinajstić information content (AvgIpc) is 2.09. The van der Waals surface area contributed by atoms with E-state index in [0.29, 0.717) is 18.4 Å². The summed E-state index contributed by atoms with van der Waals surface area (Å²) in [6.07, 6.45) is -4.17. The molecule has 0 aromatic heterocycles. The molecule has 0 aromatic carbocycles. The Morgan fingerprint density at radius 2 is 1.93 bits per heavy atom. The lowest BCUT2D eigenvalue weighted by Crippen LogP contribution is -2.36. The minimum atomic E-state index is -4.41. The first-order valence-corrected chi connectivity index (χ1v) is 5.93. The number of amides is 1. The van der Waals surface area contributed by atoms with Crippen molar-refractivity contribution in [1.29, 1.82) is 0 Å². The number of carbonyl (C=O) groups excluding carboxylic acids is 1. The second-order valence-corrected chi connectivity index (χ2v) is 4.01. The summed E-state index contributed by atoms with van der Waals surface area (Å²) < 4.78 is 35.9. The predicted octanol–water partition coefficient (Wildman–Crippen LogP) is 2.96. The molecule has 90 valence electrons. The number of hydrogen-bond acceptors (Lipinski definition) is 1. The number of unbranched alkanes of at least 4 members (excludes halogenated alkanes) is 1. The standard InChI is InChI=1S/C9H15BrF3NO/c1-2-3-5-14(6-4-10)8(15)7-9(11,12)13/h2-7H2,1H3. The van der Waals surface area contributed by atoms with Crippen molar-refractivity contribution < 1.29 is 18.0 Å². The molecule has 0 saturated carbocycles.